The summed E-state index contributed by atoms with van der Waals surface area (Å²) in [4.78, 5) is 21.5. The fourth-order valence-corrected chi connectivity index (χ4v) is 3.45. The van der Waals surface area contributed by atoms with Crippen molar-refractivity contribution in [1.29, 1.82) is 0 Å². The lowest BCUT2D eigenvalue weighted by molar-refractivity contribution is -0.0415. The highest BCUT2D eigenvalue weighted by atomic mass is 19.1. The van der Waals surface area contributed by atoms with Crippen LogP contribution < -0.4 is 10.4 Å². The van der Waals surface area contributed by atoms with Crippen molar-refractivity contribution < 1.29 is 23.9 Å². The number of nitrogens with zero attached hydrogens (tertiary/aromatic N) is 2. The van der Waals surface area contributed by atoms with Gasteiger partial charge >= 0.3 is 6.09 Å². The van der Waals surface area contributed by atoms with E-state index in [-0.39, 0.29) is 30.7 Å². The number of halogens is 1. The normalized spacial score (nSPS) is 18.0. The molecule has 0 atom stereocenters. The summed E-state index contributed by atoms with van der Waals surface area (Å²) in [5.74, 6) is -0.384. The van der Waals surface area contributed by atoms with Crippen LogP contribution in [0, 0.1) is 5.82 Å². The third kappa shape index (κ3) is 5.83. The van der Waals surface area contributed by atoms with Crippen LogP contribution in [0.4, 0.5) is 14.9 Å². The van der Waals surface area contributed by atoms with Gasteiger partial charge in [0.2, 0.25) is 0 Å². The molecule has 2 heterocycles. The number of hydrogen-bond acceptors (Lipinski definition) is 6. The Morgan fingerprint density at radius 2 is 2.07 bits per heavy atom. The van der Waals surface area contributed by atoms with Crippen LogP contribution in [0.25, 0.3) is 0 Å². The van der Waals surface area contributed by atoms with Crippen molar-refractivity contribution >= 4 is 11.8 Å². The lowest BCUT2D eigenvalue weighted by atomic mass is 10.1. The summed E-state index contributed by atoms with van der Waals surface area (Å²) in [7, 11) is 0. The molecule has 8 heteroatoms. The molecule has 0 radical (unpaired) electrons. The maximum atomic E-state index is 13.9. The van der Waals surface area contributed by atoms with Gasteiger partial charge in [-0.1, -0.05) is 6.07 Å². The molecule has 7 nitrogen and oxygen atoms in total. The van der Waals surface area contributed by atoms with E-state index in [9.17, 15) is 9.18 Å². The smallest absolute Gasteiger partial charge is 0.410 e. The molecule has 3 rings (SSSR count). The van der Waals surface area contributed by atoms with Crippen molar-refractivity contribution in [3.05, 3.63) is 41.4 Å². The first kappa shape index (κ1) is 21.4. The molecule has 0 spiro atoms. The van der Waals surface area contributed by atoms with Gasteiger partial charge < -0.3 is 19.6 Å². The first-order chi connectivity index (χ1) is 14.0. The van der Waals surface area contributed by atoms with E-state index in [4.69, 9.17) is 14.7 Å². The Labute approximate surface area is 171 Å². The standard InChI is InChI=1S/C21H30FN3O4/c1-15(2)28-21(27)25-11-7-19(8-12-25)29-23-17-5-9-24(10-6-17)18-4-3-16(14-26)20(22)13-18/h3-5,13,15,19,23,26H,6-12,14H2,1-2H3. The van der Waals surface area contributed by atoms with E-state index in [0.717, 1.165) is 37.2 Å². The number of piperidine rings is 1. The van der Waals surface area contributed by atoms with Gasteiger partial charge in [0, 0.05) is 49.5 Å². The van der Waals surface area contributed by atoms with Crippen LogP contribution in [0.5, 0.6) is 0 Å². The Hall–Kier alpha value is -2.32. The largest absolute Gasteiger partial charge is 0.447 e. The molecule has 2 N–H and O–H groups in total. The molecular weight excluding hydrogens is 377 g/mol. The molecule has 1 saturated heterocycles. The van der Waals surface area contributed by atoms with E-state index < -0.39 is 0 Å². The van der Waals surface area contributed by atoms with Crippen LogP contribution in [0.2, 0.25) is 0 Å². The fourth-order valence-electron chi connectivity index (χ4n) is 3.45. The second kappa shape index (κ2) is 9.93. The molecule has 0 aliphatic carbocycles. The van der Waals surface area contributed by atoms with Crippen LogP contribution in [0.15, 0.2) is 30.0 Å². The average Bonchev–Trinajstić information content (AvgIpc) is 2.72. The molecule has 1 aromatic rings. The molecule has 2 aliphatic rings. The predicted octanol–water partition coefficient (Wildman–Crippen LogP) is 2.94. The number of hydrogen-bond donors (Lipinski definition) is 2. The van der Waals surface area contributed by atoms with Gasteiger partial charge in [-0.05, 0) is 44.9 Å². The molecule has 1 aromatic carbocycles. The van der Waals surface area contributed by atoms with E-state index >= 15 is 0 Å². The van der Waals surface area contributed by atoms with Crippen molar-refractivity contribution in [2.24, 2.45) is 0 Å². The van der Waals surface area contributed by atoms with Crippen LogP contribution in [-0.2, 0) is 16.2 Å². The molecular formula is C21H30FN3O4. The zero-order valence-electron chi connectivity index (χ0n) is 17.1. The van der Waals surface area contributed by atoms with E-state index in [0.29, 0.717) is 25.2 Å². The molecule has 0 aromatic heterocycles. The molecule has 0 saturated carbocycles. The fraction of sp³-hybridized carbons (Fsp3) is 0.571. The number of benzene rings is 1. The summed E-state index contributed by atoms with van der Waals surface area (Å²) in [6.45, 7) is 6.05. The first-order valence-electron chi connectivity index (χ1n) is 10.2. The van der Waals surface area contributed by atoms with E-state index in [1.54, 1.807) is 11.0 Å². The van der Waals surface area contributed by atoms with Crippen molar-refractivity contribution in [2.45, 2.75) is 51.9 Å². The zero-order valence-corrected chi connectivity index (χ0v) is 17.1. The Bertz CT molecular complexity index is 733. The molecule has 1 fully saturated rings. The van der Waals surface area contributed by atoms with Crippen molar-refractivity contribution in [1.82, 2.24) is 10.4 Å². The van der Waals surface area contributed by atoms with Crippen molar-refractivity contribution in [3.63, 3.8) is 0 Å². The molecule has 2 aliphatic heterocycles. The lowest BCUT2D eigenvalue weighted by Gasteiger charge is -2.33. The van der Waals surface area contributed by atoms with Gasteiger partial charge in [0.25, 0.3) is 0 Å². The zero-order chi connectivity index (χ0) is 20.8. The van der Waals surface area contributed by atoms with Gasteiger partial charge in [-0.15, -0.1) is 0 Å². The van der Waals surface area contributed by atoms with Gasteiger partial charge in [0.15, 0.2) is 0 Å². The van der Waals surface area contributed by atoms with Crippen LogP contribution in [-0.4, -0.2) is 54.5 Å². The third-order valence-corrected chi connectivity index (χ3v) is 5.17. The minimum atomic E-state index is -0.384. The number of aliphatic hydroxyl groups excluding tert-OH is 1. The topological polar surface area (TPSA) is 74.3 Å². The highest BCUT2D eigenvalue weighted by molar-refractivity contribution is 5.67. The van der Waals surface area contributed by atoms with Gasteiger partial charge in [0.1, 0.15) is 5.82 Å². The number of rotatable bonds is 6. The number of amides is 1. The van der Waals surface area contributed by atoms with Gasteiger partial charge in [-0.2, -0.15) is 0 Å². The van der Waals surface area contributed by atoms with Crippen molar-refractivity contribution in [2.75, 3.05) is 31.1 Å². The van der Waals surface area contributed by atoms with Crippen molar-refractivity contribution in [3.8, 4) is 0 Å². The maximum Gasteiger partial charge on any atom is 0.410 e. The van der Waals surface area contributed by atoms with Crippen LogP contribution in [0.3, 0.4) is 0 Å². The number of carbonyl (C=O) groups excluding carboxylic acids is 1. The molecule has 0 bridgehead atoms. The Kier molecular flexibility index (Phi) is 7.33. The summed E-state index contributed by atoms with van der Waals surface area (Å²) in [5, 5.41) is 9.09. The second-order valence-electron chi connectivity index (χ2n) is 7.70. The number of likely N-dealkylation sites (tertiary alicyclic amines) is 1. The summed E-state index contributed by atoms with van der Waals surface area (Å²) >= 11 is 0. The number of ether oxygens (including phenoxy) is 1. The molecule has 160 valence electrons. The van der Waals surface area contributed by atoms with E-state index in [1.165, 1.54) is 6.07 Å². The molecule has 1 amide bonds. The third-order valence-electron chi connectivity index (χ3n) is 5.17. The minimum absolute atomic E-state index is 0.0529. The minimum Gasteiger partial charge on any atom is -0.447 e. The molecule has 29 heavy (non-hydrogen) atoms. The summed E-state index contributed by atoms with van der Waals surface area (Å²) in [6, 6.07) is 4.91. The number of hydroxylamine groups is 1. The first-order valence-corrected chi connectivity index (χ1v) is 10.2. The second-order valence-corrected chi connectivity index (χ2v) is 7.70. The highest BCUT2D eigenvalue weighted by Crippen LogP contribution is 2.22. The Balaban J connectivity index is 1.42. The maximum absolute atomic E-state index is 13.9. The summed E-state index contributed by atoms with van der Waals surface area (Å²) in [5.41, 5.74) is 5.18. The Morgan fingerprint density at radius 1 is 1.31 bits per heavy atom. The molecule has 0 unspecified atom stereocenters. The Morgan fingerprint density at radius 3 is 2.66 bits per heavy atom. The monoisotopic (exact) mass is 407 g/mol. The van der Waals surface area contributed by atoms with Crippen LogP contribution >= 0.6 is 0 Å². The lowest BCUT2D eigenvalue weighted by Crippen LogP contribution is -2.43. The van der Waals surface area contributed by atoms with E-state index in [1.807, 2.05) is 26.0 Å². The summed E-state index contributed by atoms with van der Waals surface area (Å²) in [6.07, 6.45) is 4.01. The number of carbonyl (C=O) groups is 1. The number of anilines is 1. The SMILES string of the molecule is CC(C)OC(=O)N1CCC(ONC2=CCN(c3ccc(CO)c(F)c3)CC2)CC1. The van der Waals surface area contributed by atoms with Gasteiger partial charge in [0.05, 0.1) is 18.8 Å². The quantitative estimate of drug-likeness (QED) is 0.707. The van der Waals surface area contributed by atoms with Gasteiger partial charge in [-0.3, -0.25) is 10.3 Å². The van der Waals surface area contributed by atoms with Crippen LogP contribution in [0.1, 0.15) is 38.7 Å². The average molecular weight is 407 g/mol. The van der Waals surface area contributed by atoms with E-state index in [2.05, 4.69) is 10.4 Å². The number of nitrogens with one attached hydrogen (secondary N) is 1. The van der Waals surface area contributed by atoms with Gasteiger partial charge in [-0.25, -0.2) is 9.18 Å². The predicted molar refractivity (Wildman–Crippen MR) is 108 cm³/mol. The summed E-state index contributed by atoms with van der Waals surface area (Å²) < 4.78 is 19.1. The highest BCUT2D eigenvalue weighted by Gasteiger charge is 2.25. The number of aliphatic hydroxyl groups is 1.